The molecule has 3 aromatic carbocycles. The number of hydrogen-bond acceptors (Lipinski definition) is 11. The number of pyridine rings is 3. The van der Waals surface area contributed by atoms with Crippen molar-refractivity contribution in [2.75, 3.05) is 5.34 Å². The monoisotopic (exact) mass is 846 g/mol. The molecule has 0 saturated carbocycles. The Bertz CT molecular complexity index is 1940. The van der Waals surface area contributed by atoms with Crippen molar-refractivity contribution in [3.05, 3.63) is 192 Å². The smallest absolute Gasteiger partial charge is 0.869 e. The van der Waals surface area contributed by atoms with Crippen LogP contribution in [-0.4, -0.2) is 36.1 Å². The number of benzene rings is 3. The number of halogens is 3. The van der Waals surface area contributed by atoms with Gasteiger partial charge in [0.05, 0.1) is 28.1 Å². The molecule has 6 rings (SSSR count). The summed E-state index contributed by atoms with van der Waals surface area (Å²) in [5.74, 6) is -2.08. The van der Waals surface area contributed by atoms with Gasteiger partial charge >= 0.3 is 16.5 Å². The van der Waals surface area contributed by atoms with Gasteiger partial charge in [-0.15, -0.1) is 33.4 Å². The number of carbonyl (C=O) groups excluding carboxylic acids is 1. The predicted molar refractivity (Wildman–Crippen MR) is 194 cm³/mol. The number of aliphatic hydroxyl groups is 1. The van der Waals surface area contributed by atoms with E-state index in [4.69, 9.17) is 46.8 Å². The average molecular weight is 849 g/mol. The van der Waals surface area contributed by atoms with Gasteiger partial charge in [-0.3, -0.25) is 24.6 Å². The summed E-state index contributed by atoms with van der Waals surface area (Å²) in [7, 11) is -4.94. The summed E-state index contributed by atoms with van der Waals surface area (Å²) in [4.78, 5) is 28.0. The summed E-state index contributed by atoms with van der Waals surface area (Å²) in [6, 6.07) is 44.9. The van der Waals surface area contributed by atoms with Gasteiger partial charge in [-0.25, -0.2) is 18.6 Å². The number of carbonyl (C=O) groups is 1. The molecule has 55 heavy (non-hydrogen) atoms. The van der Waals surface area contributed by atoms with Crippen molar-refractivity contribution in [3.63, 3.8) is 0 Å². The molecule has 0 saturated heterocycles. The van der Waals surface area contributed by atoms with Gasteiger partial charge in [0.1, 0.15) is 0 Å². The van der Waals surface area contributed by atoms with E-state index in [0.717, 1.165) is 48.0 Å². The van der Waals surface area contributed by atoms with E-state index in [2.05, 4.69) is 57.3 Å². The van der Waals surface area contributed by atoms with Gasteiger partial charge in [-0.1, -0.05) is 115 Å². The quantitative estimate of drug-likeness (QED) is 0.0697. The third-order valence-corrected chi connectivity index (χ3v) is 6.99. The predicted octanol–water partition coefficient (Wildman–Crippen LogP) is 3.56. The first-order valence-electron chi connectivity index (χ1n) is 16.0. The first-order chi connectivity index (χ1) is 26.0. The van der Waals surface area contributed by atoms with Crippen molar-refractivity contribution in [1.82, 2.24) is 19.9 Å². The summed E-state index contributed by atoms with van der Waals surface area (Å²) in [5.41, 5.74) is 5.82. The number of Topliss-reactive ketones (excluding diaryl/α,β-unsaturated/α-hetero) is 1. The molecule has 0 unspecified atom stereocenters. The van der Waals surface area contributed by atoms with Crippen molar-refractivity contribution in [3.8, 4) is 11.3 Å². The number of rotatable bonds is 10. The second-order valence-electron chi connectivity index (χ2n) is 10.9. The van der Waals surface area contributed by atoms with Crippen LogP contribution in [0.5, 0.6) is 0 Å². The summed E-state index contributed by atoms with van der Waals surface area (Å²) in [6.45, 7) is 2.22. The average Bonchev–Trinajstić information content (AvgIpc) is 3.19. The van der Waals surface area contributed by atoms with E-state index in [1.807, 2.05) is 54.9 Å². The number of ketones is 1. The molecular formula is C40H35Cl3N4NiO7+. The third-order valence-electron chi connectivity index (χ3n) is 6.99. The van der Waals surface area contributed by atoms with E-state index in [0.29, 0.717) is 11.1 Å². The van der Waals surface area contributed by atoms with Crippen molar-refractivity contribution < 1.29 is 60.4 Å². The Morgan fingerprint density at radius 2 is 1.00 bits per heavy atom. The van der Waals surface area contributed by atoms with Crippen LogP contribution < -0.4 is 23.7 Å². The zero-order valence-corrected chi connectivity index (χ0v) is 32.2. The molecule has 287 valence electrons. The van der Waals surface area contributed by atoms with Crippen molar-refractivity contribution in [1.29, 1.82) is 0 Å². The van der Waals surface area contributed by atoms with Gasteiger partial charge in [-0.2, -0.15) is 0 Å². The molecule has 0 bridgehead atoms. The van der Waals surface area contributed by atoms with Crippen LogP contribution in [0.15, 0.2) is 164 Å². The number of aliphatic hydroxyl groups excluding tert-OH is 1. The zero-order valence-electron chi connectivity index (χ0n) is 29.0. The fourth-order valence-electron chi connectivity index (χ4n) is 4.73. The van der Waals surface area contributed by atoms with Crippen molar-refractivity contribution in [2.45, 2.75) is 19.6 Å². The largest absolute Gasteiger partial charge is 3.00 e. The van der Waals surface area contributed by atoms with Crippen LogP contribution in [0.1, 0.15) is 33.0 Å². The molecule has 0 spiro atoms. The molecule has 0 aliphatic rings. The van der Waals surface area contributed by atoms with Gasteiger partial charge in [0.25, 0.3) is 0 Å². The molecule has 0 atom stereocenters. The number of hydrogen-bond donors (Lipinski definition) is 1. The van der Waals surface area contributed by atoms with Crippen LogP contribution in [0.2, 0.25) is 0 Å². The maximum atomic E-state index is 11.9. The Hall–Kier alpha value is -4.72. The molecule has 3 heterocycles. The Morgan fingerprint density at radius 1 is 0.600 bits per heavy atom. The minimum Gasteiger partial charge on any atom is -0.869 e. The third kappa shape index (κ3) is 18.4. The van der Waals surface area contributed by atoms with E-state index < -0.39 is 27.5 Å². The summed E-state index contributed by atoms with van der Waals surface area (Å²) in [5, 5.41) is 21.8. The molecule has 11 nitrogen and oxygen atoms in total. The zero-order chi connectivity index (χ0) is 39.2. The van der Waals surface area contributed by atoms with E-state index in [9.17, 15) is 15.0 Å². The first-order valence-corrected chi connectivity index (χ1v) is 18.3. The van der Waals surface area contributed by atoms with Crippen LogP contribution >= 0.6 is 23.2 Å². The fraction of sp³-hybridized carbons (Fsp3) is 0.100. The van der Waals surface area contributed by atoms with E-state index in [-0.39, 0.29) is 21.8 Å². The molecule has 15 heteroatoms. The summed E-state index contributed by atoms with van der Waals surface area (Å²) >= 11 is 9.53. The second kappa shape index (κ2) is 25.4. The Kier molecular flexibility index (Phi) is 21.4. The molecule has 6 aromatic rings. The molecule has 1 N–H and O–H groups in total. The van der Waals surface area contributed by atoms with Crippen LogP contribution in [-0.2, 0) is 36.1 Å². The molecule has 3 aromatic heterocycles. The van der Waals surface area contributed by atoms with Crippen molar-refractivity contribution >= 4 is 34.7 Å². The standard InChI is InChI=1S/C24H22N4.C15H12O3.CH2Cl2.ClHO4.Ni/c1-2-9-20(10-3-1)24-14-8-13-23(27-24)19-28(17-21-11-4-6-15-25-21)18-22-12-5-7-16-26-22;16-13(11-7-3-1-4-8-11)15(18)14(17)12-9-5-2-6-10-12;2-1-3;2-1(3,4)5;/h1-16H,17-19H2;1-10,16,18H;1H2;(H,2,3,4,5);/q;;;;+3/p-2/b;15-13+;;;. The van der Waals surface area contributed by atoms with E-state index >= 15 is 0 Å². The van der Waals surface area contributed by atoms with E-state index in [1.165, 1.54) is 0 Å². The van der Waals surface area contributed by atoms with Gasteiger partial charge in [0, 0.05) is 43.2 Å². The topological polar surface area (TPSA) is 195 Å². The minimum atomic E-state index is -4.94. The molecule has 1 radical (unpaired) electrons. The molecule has 0 amide bonds. The van der Waals surface area contributed by atoms with E-state index in [1.54, 1.807) is 60.7 Å². The number of nitrogens with zero attached hydrogens (tertiary/aromatic N) is 4. The first kappa shape index (κ1) is 46.4. The van der Waals surface area contributed by atoms with Gasteiger partial charge in [-0.05, 0) is 42.0 Å². The molecular weight excluding hydrogens is 814 g/mol. The Morgan fingerprint density at radius 3 is 1.45 bits per heavy atom. The van der Waals surface area contributed by atoms with Crippen molar-refractivity contribution in [2.24, 2.45) is 0 Å². The number of alkyl halides is 2. The molecule has 0 aliphatic carbocycles. The molecule has 0 aliphatic heterocycles. The van der Waals surface area contributed by atoms with Gasteiger partial charge in [0.15, 0.2) is 5.76 Å². The normalized spacial score (nSPS) is 10.8. The SMILES string of the molecule is ClCCl.O=C(/C(O)=C(\[O-])c1ccccc1)c1ccccc1.[Ni+3].[O-][Cl+3]([O-])([O-])[O-].c1ccc(-c2cccc(CN(Cc3ccccn3)Cc3ccccn3)n2)cc1. The van der Waals surface area contributed by atoms with Crippen LogP contribution in [0.25, 0.3) is 17.0 Å². The second-order valence-corrected chi connectivity index (χ2v) is 12.4. The van der Waals surface area contributed by atoms with Crippen LogP contribution in [0, 0.1) is 10.2 Å². The number of allylic oxidation sites excluding steroid dienone is 1. The number of aromatic nitrogens is 3. The minimum absolute atomic E-state index is 0. The Balaban J connectivity index is 0.000000332. The Labute approximate surface area is 341 Å². The summed E-state index contributed by atoms with van der Waals surface area (Å²) in [6.07, 6.45) is 3.67. The fourth-order valence-corrected chi connectivity index (χ4v) is 4.73. The van der Waals surface area contributed by atoms with Crippen LogP contribution in [0.4, 0.5) is 0 Å². The maximum absolute atomic E-state index is 11.9. The maximum Gasteiger partial charge on any atom is 3.00 e. The molecule has 0 fully saturated rings. The van der Waals surface area contributed by atoms with Gasteiger partial charge in [0.2, 0.25) is 5.78 Å². The summed E-state index contributed by atoms with van der Waals surface area (Å²) < 4.78 is 34.0. The van der Waals surface area contributed by atoms with Crippen LogP contribution in [0.3, 0.4) is 0 Å². The van der Waals surface area contributed by atoms with Gasteiger partial charge < -0.3 is 10.2 Å².